The standard InChI is InChI=1S/C14H13FN2O4/c15-11-3-1-9(5-10(11)2-4-14(20)21)6-17-7-12(18)16-13(19)8-17/h1-5H,6-8H2,(H,20,21)(H,16,18,19). The van der Waals surface area contributed by atoms with Gasteiger partial charge in [-0.3, -0.25) is 19.8 Å². The zero-order valence-electron chi connectivity index (χ0n) is 11.0. The van der Waals surface area contributed by atoms with Gasteiger partial charge in [-0.2, -0.15) is 0 Å². The van der Waals surface area contributed by atoms with E-state index in [0.717, 1.165) is 12.2 Å². The summed E-state index contributed by atoms with van der Waals surface area (Å²) in [4.78, 5) is 34.6. The molecule has 0 radical (unpaired) electrons. The lowest BCUT2D eigenvalue weighted by atomic mass is 10.1. The molecule has 1 heterocycles. The van der Waals surface area contributed by atoms with Crippen LogP contribution < -0.4 is 5.32 Å². The molecular weight excluding hydrogens is 279 g/mol. The molecule has 21 heavy (non-hydrogen) atoms. The maximum absolute atomic E-state index is 13.5. The molecule has 1 aliphatic heterocycles. The van der Waals surface area contributed by atoms with Gasteiger partial charge in [0.1, 0.15) is 5.82 Å². The number of hydrogen-bond acceptors (Lipinski definition) is 4. The lowest BCUT2D eigenvalue weighted by molar-refractivity contribution is -0.136. The zero-order valence-corrected chi connectivity index (χ0v) is 11.0. The molecule has 2 N–H and O–H groups in total. The fourth-order valence-electron chi connectivity index (χ4n) is 2.05. The van der Waals surface area contributed by atoms with Gasteiger partial charge < -0.3 is 5.11 Å². The van der Waals surface area contributed by atoms with Crippen LogP contribution in [0.3, 0.4) is 0 Å². The smallest absolute Gasteiger partial charge is 0.328 e. The minimum atomic E-state index is -1.17. The number of rotatable bonds is 4. The molecule has 0 aliphatic carbocycles. The normalized spacial score (nSPS) is 16.2. The van der Waals surface area contributed by atoms with E-state index < -0.39 is 11.8 Å². The summed E-state index contributed by atoms with van der Waals surface area (Å²) in [7, 11) is 0. The van der Waals surface area contributed by atoms with Gasteiger partial charge in [0.05, 0.1) is 13.1 Å². The number of carbonyl (C=O) groups is 3. The highest BCUT2D eigenvalue weighted by atomic mass is 19.1. The summed E-state index contributed by atoms with van der Waals surface area (Å²) in [6.45, 7) is 0.472. The number of aliphatic carboxylic acids is 1. The summed E-state index contributed by atoms with van der Waals surface area (Å²) in [5.74, 6) is -2.46. The number of carbonyl (C=O) groups excluding carboxylic acids is 2. The van der Waals surface area contributed by atoms with Crippen LogP contribution in [0.1, 0.15) is 11.1 Å². The molecule has 2 amide bonds. The molecule has 1 aromatic carbocycles. The average molecular weight is 292 g/mol. The van der Waals surface area contributed by atoms with Gasteiger partial charge in [0.25, 0.3) is 0 Å². The molecular formula is C14H13FN2O4. The van der Waals surface area contributed by atoms with E-state index in [9.17, 15) is 18.8 Å². The molecule has 2 rings (SSSR count). The van der Waals surface area contributed by atoms with Crippen LogP contribution in [0.2, 0.25) is 0 Å². The highest BCUT2D eigenvalue weighted by molar-refractivity contribution is 5.99. The molecule has 1 fully saturated rings. The van der Waals surface area contributed by atoms with Crippen molar-refractivity contribution in [1.29, 1.82) is 0 Å². The van der Waals surface area contributed by atoms with Crippen molar-refractivity contribution in [3.8, 4) is 0 Å². The highest BCUT2D eigenvalue weighted by Gasteiger charge is 2.22. The maximum Gasteiger partial charge on any atom is 0.328 e. The predicted octanol–water partition coefficient (Wildman–Crippen LogP) is 0.382. The summed E-state index contributed by atoms with van der Waals surface area (Å²) in [5, 5.41) is 10.7. The van der Waals surface area contributed by atoms with E-state index in [-0.39, 0.29) is 30.5 Å². The molecule has 0 atom stereocenters. The number of benzene rings is 1. The highest BCUT2D eigenvalue weighted by Crippen LogP contribution is 2.14. The number of carboxylic acids is 1. The number of nitrogens with one attached hydrogen (secondary N) is 1. The monoisotopic (exact) mass is 292 g/mol. The van der Waals surface area contributed by atoms with E-state index in [1.165, 1.54) is 18.2 Å². The largest absolute Gasteiger partial charge is 0.478 e. The van der Waals surface area contributed by atoms with Gasteiger partial charge in [-0.1, -0.05) is 6.07 Å². The van der Waals surface area contributed by atoms with Crippen molar-refractivity contribution in [3.63, 3.8) is 0 Å². The summed E-state index contributed by atoms with van der Waals surface area (Å²) in [5.41, 5.74) is 0.826. The van der Waals surface area contributed by atoms with Crippen LogP contribution in [0, 0.1) is 5.82 Å². The second-order valence-corrected chi connectivity index (χ2v) is 4.64. The SMILES string of the molecule is O=C(O)C=Cc1cc(CN2CC(=O)NC(=O)C2)ccc1F. The summed E-state index contributed by atoms with van der Waals surface area (Å²) in [6.07, 6.45) is 2.01. The van der Waals surface area contributed by atoms with Gasteiger partial charge in [-0.05, 0) is 23.8 Å². The Morgan fingerprint density at radius 3 is 2.62 bits per heavy atom. The molecule has 1 aromatic rings. The Hall–Kier alpha value is -2.54. The van der Waals surface area contributed by atoms with E-state index in [1.807, 2.05) is 0 Å². The van der Waals surface area contributed by atoms with E-state index in [4.69, 9.17) is 5.11 Å². The van der Waals surface area contributed by atoms with Crippen LogP contribution in [0.4, 0.5) is 4.39 Å². The Morgan fingerprint density at radius 2 is 2.00 bits per heavy atom. The number of piperazine rings is 1. The molecule has 110 valence electrons. The average Bonchev–Trinajstić information content (AvgIpc) is 2.38. The van der Waals surface area contributed by atoms with Gasteiger partial charge in [-0.15, -0.1) is 0 Å². The van der Waals surface area contributed by atoms with E-state index in [2.05, 4.69) is 5.32 Å². The molecule has 7 heteroatoms. The van der Waals surface area contributed by atoms with E-state index in [1.54, 1.807) is 4.90 Å². The van der Waals surface area contributed by atoms with Crippen LogP contribution in [0.25, 0.3) is 6.08 Å². The van der Waals surface area contributed by atoms with Crippen LogP contribution in [0.15, 0.2) is 24.3 Å². The minimum absolute atomic E-state index is 0.0867. The minimum Gasteiger partial charge on any atom is -0.478 e. The quantitative estimate of drug-likeness (QED) is 0.619. The second-order valence-electron chi connectivity index (χ2n) is 4.64. The Morgan fingerprint density at radius 1 is 1.33 bits per heavy atom. The first-order valence-electron chi connectivity index (χ1n) is 6.18. The summed E-state index contributed by atoms with van der Waals surface area (Å²) in [6, 6.07) is 4.25. The summed E-state index contributed by atoms with van der Waals surface area (Å²) >= 11 is 0. The zero-order chi connectivity index (χ0) is 15.4. The first-order chi connectivity index (χ1) is 9.94. The maximum atomic E-state index is 13.5. The third kappa shape index (κ3) is 4.22. The van der Waals surface area contributed by atoms with Gasteiger partial charge in [0.2, 0.25) is 11.8 Å². The van der Waals surface area contributed by atoms with Crippen LogP contribution >= 0.6 is 0 Å². The molecule has 1 saturated heterocycles. The molecule has 0 spiro atoms. The van der Waals surface area contributed by atoms with Crippen molar-refractivity contribution in [1.82, 2.24) is 10.2 Å². The Labute approximate surface area is 119 Å². The Bertz CT molecular complexity index is 611. The van der Waals surface area contributed by atoms with Crippen LogP contribution in [-0.2, 0) is 20.9 Å². The topological polar surface area (TPSA) is 86.7 Å². The molecule has 0 unspecified atom stereocenters. The lowest BCUT2D eigenvalue weighted by Crippen LogP contribution is -2.50. The van der Waals surface area contributed by atoms with Crippen molar-refractivity contribution < 1.29 is 23.9 Å². The fraction of sp³-hybridized carbons (Fsp3) is 0.214. The van der Waals surface area contributed by atoms with Gasteiger partial charge >= 0.3 is 5.97 Å². The molecule has 0 saturated carbocycles. The van der Waals surface area contributed by atoms with E-state index >= 15 is 0 Å². The second kappa shape index (κ2) is 6.27. The van der Waals surface area contributed by atoms with Crippen molar-refractivity contribution in [2.45, 2.75) is 6.54 Å². The van der Waals surface area contributed by atoms with Crippen molar-refractivity contribution in [3.05, 3.63) is 41.2 Å². The van der Waals surface area contributed by atoms with Gasteiger partial charge in [0.15, 0.2) is 0 Å². The molecule has 0 bridgehead atoms. The van der Waals surface area contributed by atoms with Gasteiger partial charge in [-0.25, -0.2) is 9.18 Å². The molecule has 0 aromatic heterocycles. The van der Waals surface area contributed by atoms with Crippen molar-refractivity contribution in [2.75, 3.05) is 13.1 Å². The molecule has 1 aliphatic rings. The number of halogens is 1. The van der Waals surface area contributed by atoms with Crippen LogP contribution in [-0.4, -0.2) is 40.9 Å². The fourth-order valence-corrected chi connectivity index (χ4v) is 2.05. The van der Waals surface area contributed by atoms with E-state index in [0.29, 0.717) is 12.1 Å². The number of imide groups is 1. The third-order valence-electron chi connectivity index (χ3n) is 2.89. The lowest BCUT2D eigenvalue weighted by Gasteiger charge is -2.25. The number of carboxylic acid groups (broad SMARTS) is 1. The van der Waals surface area contributed by atoms with Gasteiger partial charge in [0, 0.05) is 18.2 Å². The van der Waals surface area contributed by atoms with Crippen molar-refractivity contribution >= 4 is 23.9 Å². The first-order valence-corrected chi connectivity index (χ1v) is 6.18. The third-order valence-corrected chi connectivity index (χ3v) is 2.89. The van der Waals surface area contributed by atoms with Crippen LogP contribution in [0.5, 0.6) is 0 Å². The number of amides is 2. The summed E-state index contributed by atoms with van der Waals surface area (Å²) < 4.78 is 13.5. The predicted molar refractivity (Wildman–Crippen MR) is 71.5 cm³/mol. The Balaban J connectivity index is 2.13. The first kappa shape index (κ1) is 14.9. The Kier molecular flexibility index (Phi) is 4.44. The van der Waals surface area contributed by atoms with Crippen molar-refractivity contribution in [2.24, 2.45) is 0 Å². The molecule has 6 nitrogen and oxygen atoms in total. The number of hydrogen-bond donors (Lipinski definition) is 2. The number of nitrogens with zero attached hydrogens (tertiary/aromatic N) is 1.